The van der Waals surface area contributed by atoms with E-state index in [0.717, 1.165) is 135 Å². The van der Waals surface area contributed by atoms with Crippen molar-refractivity contribution in [1.29, 1.82) is 0 Å². The molecule has 0 atom stereocenters. The number of halogens is 1. The standard InChI is InChI=1S/3C13H19NO.C12H16ClNO.C12H11NO.C12H15NO.C8H7NS.2CH4/c1-9(2)11-8-12-13(7-10(11)3)15-6-5-14(12)4;1-9(2)11-7-10(3)13-12(8-11)14(4)5-6-15-13;1-9(2)11-5-6-12-13(10(11)3)14(4)7-8-15-12;1-8(2)9-4-5-10-12(11(9)13)14(3)6-7-15-10;1-8-2-3-10-11-9(5-7-14-10)4-6-13-12(8)11;1-9-4-5-11-12-10(9)3-2-6-13(12)7-8-14-11;1-6-2-3-7-8(4-6)10-5-9-7;;/h2*7-9H,5-6H2,1-4H3;5-6,9H,7-8H2,1-4H3;4-5,8H,6-7H2,1-3H3;2-4,6H,5,7H2,1H3;4-5H,2-3,6-8H2,1H3;2-5H,1H3;2*1H4. The lowest BCUT2D eigenvalue weighted by Crippen LogP contribution is -2.37. The molecule has 0 aliphatic carbocycles. The molecular weight excluding hydrogens is 1280 g/mol. The van der Waals surface area contributed by atoms with E-state index in [2.05, 4.69) is 245 Å². The number of pyridine rings is 1. The number of thiazole rings is 1. The maximum absolute atomic E-state index is 6.39. The number of nitrogens with zero attached hydrogens (tertiary/aromatic N) is 7. The minimum Gasteiger partial charge on any atom is -0.493 e. The largest absolute Gasteiger partial charge is 0.493 e. The molecule has 7 aromatic carbocycles. The lowest BCUT2D eigenvalue weighted by molar-refractivity contribution is 0.304. The number of rotatable bonds is 4. The number of ether oxygens (including phenoxy) is 6. The predicted octanol–water partition coefficient (Wildman–Crippen LogP) is 20.6. The molecule has 0 saturated heterocycles. The van der Waals surface area contributed by atoms with Crippen LogP contribution in [0.5, 0.6) is 34.5 Å². The summed E-state index contributed by atoms with van der Waals surface area (Å²) in [4.78, 5) is 20.1. The van der Waals surface area contributed by atoms with E-state index in [9.17, 15) is 0 Å². The van der Waals surface area contributed by atoms with Crippen LogP contribution in [0.4, 0.5) is 28.4 Å². The number of hydrogen-bond donors (Lipinski definition) is 0. The molecule has 0 N–H and O–H groups in total. The average Bonchev–Trinajstić information content (AvgIpc) is 0.908. The van der Waals surface area contributed by atoms with Gasteiger partial charge in [0.05, 0.1) is 94.0 Å². The molecular formula is C85H114ClN7O6S. The first-order valence-electron chi connectivity index (χ1n) is 35.4. The van der Waals surface area contributed by atoms with Crippen molar-refractivity contribution in [3.05, 3.63) is 181 Å². The SMILES string of the molecule is C.C.CC(C)c1ccc2c(c1Cl)N(C)CCO2.Cc1c(C(C)C)ccc2c1N(C)CCO2.Cc1cc(C(C)C)cc2c1OCCN2C.Cc1cc2c(cc1C(C)C)N(C)CCO2.Cc1ccc2c3c(ccnc13)CCO2.Cc1ccc2c3c1CCCN3CCO2.Cc1ccc2ncsc2c1. The molecule has 0 saturated carbocycles. The van der Waals surface area contributed by atoms with Gasteiger partial charge in [0.1, 0.15) is 67.5 Å². The van der Waals surface area contributed by atoms with E-state index in [0.29, 0.717) is 23.7 Å². The van der Waals surface area contributed by atoms with Crippen molar-refractivity contribution in [3.8, 4) is 34.5 Å². The van der Waals surface area contributed by atoms with Crippen LogP contribution in [0, 0.1) is 41.5 Å². The molecule has 13 nitrogen and oxygen atoms in total. The summed E-state index contributed by atoms with van der Waals surface area (Å²) in [6.07, 6.45) is 5.39. The molecule has 538 valence electrons. The molecule has 9 heterocycles. The van der Waals surface area contributed by atoms with Gasteiger partial charge in [0.15, 0.2) is 0 Å². The number of benzene rings is 7. The normalized spacial score (nSPS) is 14.7. The molecule has 0 unspecified atom stereocenters. The predicted molar refractivity (Wildman–Crippen MR) is 427 cm³/mol. The highest BCUT2D eigenvalue weighted by Gasteiger charge is 2.27. The Hall–Kier alpha value is -8.07. The van der Waals surface area contributed by atoms with E-state index < -0.39 is 0 Å². The topological polar surface area (TPSA) is 97.4 Å². The fraction of sp³-hybridized carbons (Fsp3) is 0.459. The van der Waals surface area contributed by atoms with Crippen molar-refractivity contribution < 1.29 is 28.4 Å². The van der Waals surface area contributed by atoms with Crippen molar-refractivity contribution in [2.45, 2.75) is 155 Å². The monoisotopic (exact) mass is 1400 g/mol. The quantitative estimate of drug-likeness (QED) is 0.167. The van der Waals surface area contributed by atoms with Gasteiger partial charge >= 0.3 is 0 Å². The second-order valence-electron chi connectivity index (χ2n) is 28.1. The fourth-order valence-corrected chi connectivity index (χ4v) is 15.2. The number of anilines is 5. The van der Waals surface area contributed by atoms with Crippen molar-refractivity contribution >= 4 is 72.5 Å². The van der Waals surface area contributed by atoms with Crippen LogP contribution in [0.2, 0.25) is 5.02 Å². The van der Waals surface area contributed by atoms with Crippen LogP contribution in [0.1, 0.15) is 167 Å². The zero-order valence-electron chi connectivity index (χ0n) is 61.7. The van der Waals surface area contributed by atoms with Crippen LogP contribution in [0.25, 0.3) is 21.1 Å². The van der Waals surface area contributed by atoms with E-state index in [1.54, 1.807) is 11.3 Å². The lowest BCUT2D eigenvalue weighted by Gasteiger charge is -2.37. The Morgan fingerprint density at radius 2 is 1.02 bits per heavy atom. The Labute approximate surface area is 608 Å². The molecule has 0 radical (unpaired) electrons. The highest BCUT2D eigenvalue weighted by Crippen LogP contribution is 2.44. The molecule has 16 rings (SSSR count). The minimum absolute atomic E-state index is 0. The van der Waals surface area contributed by atoms with E-state index >= 15 is 0 Å². The summed E-state index contributed by atoms with van der Waals surface area (Å²) >= 11 is 8.09. The molecule has 0 amide bonds. The third kappa shape index (κ3) is 18.0. The van der Waals surface area contributed by atoms with Crippen molar-refractivity contribution in [2.24, 2.45) is 0 Å². The molecule has 0 bridgehead atoms. The zero-order chi connectivity index (χ0) is 70.1. The molecule has 2 aromatic heterocycles. The molecule has 7 aliphatic rings. The Balaban J connectivity index is 0.000000148. The second kappa shape index (κ2) is 35.0. The summed E-state index contributed by atoms with van der Waals surface area (Å²) in [5.41, 5.74) is 26.4. The van der Waals surface area contributed by atoms with Gasteiger partial charge in [-0.2, -0.15) is 0 Å². The summed E-state index contributed by atoms with van der Waals surface area (Å²) in [6, 6.07) is 34.1. The maximum atomic E-state index is 6.39. The Kier molecular flexibility index (Phi) is 27.2. The van der Waals surface area contributed by atoms with Crippen molar-refractivity contribution in [3.63, 3.8) is 0 Å². The molecule has 100 heavy (non-hydrogen) atoms. The zero-order valence-corrected chi connectivity index (χ0v) is 63.2. The number of likely N-dealkylation sites (N-methyl/N-ethyl adjacent to an activating group) is 4. The summed E-state index contributed by atoms with van der Waals surface area (Å²) in [6.45, 7) is 41.4. The maximum Gasteiger partial charge on any atom is 0.145 e. The number of aromatic nitrogens is 2. The van der Waals surface area contributed by atoms with Crippen LogP contribution in [0.15, 0.2) is 109 Å². The van der Waals surface area contributed by atoms with E-state index in [-0.39, 0.29) is 14.9 Å². The lowest BCUT2D eigenvalue weighted by atomic mass is 9.95. The Bertz CT molecular complexity index is 4130. The Morgan fingerprint density at radius 1 is 0.450 bits per heavy atom. The van der Waals surface area contributed by atoms with Crippen LogP contribution < -0.4 is 52.9 Å². The average molecular weight is 1400 g/mol. The van der Waals surface area contributed by atoms with Crippen LogP contribution >= 0.6 is 22.9 Å². The fourth-order valence-electron chi connectivity index (χ4n) is 13.9. The third-order valence-corrected chi connectivity index (χ3v) is 20.7. The van der Waals surface area contributed by atoms with E-state index in [1.807, 2.05) is 23.8 Å². The van der Waals surface area contributed by atoms with Gasteiger partial charge in [-0.05, 0) is 205 Å². The van der Waals surface area contributed by atoms with Gasteiger partial charge in [-0.1, -0.05) is 118 Å². The molecule has 9 aromatic rings. The van der Waals surface area contributed by atoms with Crippen LogP contribution in [-0.4, -0.2) is 117 Å². The first kappa shape index (κ1) is 77.7. The highest BCUT2D eigenvalue weighted by atomic mass is 35.5. The molecule has 0 fully saturated rings. The van der Waals surface area contributed by atoms with E-state index in [1.165, 1.54) is 119 Å². The molecule has 0 spiro atoms. The summed E-state index contributed by atoms with van der Waals surface area (Å²) in [7, 11) is 8.45. The van der Waals surface area contributed by atoms with Gasteiger partial charge in [-0.3, -0.25) is 4.98 Å². The second-order valence-corrected chi connectivity index (χ2v) is 29.4. The minimum atomic E-state index is 0. The van der Waals surface area contributed by atoms with E-state index in [4.69, 9.17) is 40.0 Å². The smallest absolute Gasteiger partial charge is 0.145 e. The highest BCUT2D eigenvalue weighted by molar-refractivity contribution is 7.16. The number of fused-ring (bicyclic) bond motifs is 5. The van der Waals surface area contributed by atoms with Gasteiger partial charge in [0, 0.05) is 52.7 Å². The Morgan fingerprint density at radius 3 is 1.70 bits per heavy atom. The number of hydrogen-bond acceptors (Lipinski definition) is 14. The van der Waals surface area contributed by atoms with Gasteiger partial charge in [-0.15, -0.1) is 11.3 Å². The van der Waals surface area contributed by atoms with Gasteiger partial charge in [0.25, 0.3) is 0 Å². The summed E-state index contributed by atoms with van der Waals surface area (Å²) in [5, 5.41) is 2.04. The first-order valence-corrected chi connectivity index (χ1v) is 36.7. The summed E-state index contributed by atoms with van der Waals surface area (Å²) < 4.78 is 35.2. The third-order valence-electron chi connectivity index (χ3n) is 19.5. The van der Waals surface area contributed by atoms with Gasteiger partial charge in [0.2, 0.25) is 0 Å². The first-order chi connectivity index (χ1) is 47.0. The van der Waals surface area contributed by atoms with Gasteiger partial charge < -0.3 is 52.9 Å². The van der Waals surface area contributed by atoms with Crippen molar-refractivity contribution in [1.82, 2.24) is 9.97 Å². The molecule has 7 aliphatic heterocycles. The molecule has 15 heteroatoms. The summed E-state index contributed by atoms with van der Waals surface area (Å²) in [5.74, 6) is 8.28. The van der Waals surface area contributed by atoms with Crippen LogP contribution in [0.3, 0.4) is 0 Å². The van der Waals surface area contributed by atoms with Crippen molar-refractivity contribution in [2.75, 3.05) is 132 Å². The van der Waals surface area contributed by atoms with Gasteiger partial charge in [-0.25, -0.2) is 4.98 Å². The van der Waals surface area contributed by atoms with Crippen LogP contribution in [-0.2, 0) is 12.8 Å². The number of aryl methyl sites for hydroxylation is 5.